The maximum atomic E-state index is 6.12. The first-order valence-electron chi connectivity index (χ1n) is 8.70. The molecule has 2 aliphatic heterocycles. The minimum absolute atomic E-state index is 0.369. The largest absolute Gasteiger partial charge is 0.491 e. The normalized spacial score (nSPS) is 33.0. The van der Waals surface area contributed by atoms with Gasteiger partial charge in [-0.15, -0.1) is 0 Å². The van der Waals surface area contributed by atoms with E-state index in [1.54, 1.807) is 6.20 Å². The van der Waals surface area contributed by atoms with Crippen LogP contribution in [-0.4, -0.2) is 48.8 Å². The summed E-state index contributed by atoms with van der Waals surface area (Å²) in [6.45, 7) is 5.20. The van der Waals surface area contributed by atoms with Crippen molar-refractivity contribution < 1.29 is 9.47 Å². The van der Waals surface area contributed by atoms with Crippen LogP contribution in [0.5, 0.6) is 5.75 Å². The van der Waals surface area contributed by atoms with Crippen LogP contribution in [0, 0.1) is 11.3 Å². The maximum Gasteiger partial charge on any atom is 0.137 e. The molecule has 3 aliphatic rings. The lowest BCUT2D eigenvalue weighted by molar-refractivity contribution is 0.0347. The summed E-state index contributed by atoms with van der Waals surface area (Å²) in [6, 6.07) is 4.69. The molecule has 3 fully saturated rings. The molecular weight excluding hydrogens is 276 g/mol. The van der Waals surface area contributed by atoms with Gasteiger partial charge in [-0.25, -0.2) is 0 Å². The van der Waals surface area contributed by atoms with E-state index in [0.29, 0.717) is 5.41 Å². The molecular formula is C18H26N2O2. The summed E-state index contributed by atoms with van der Waals surface area (Å²) >= 11 is 0. The highest BCUT2D eigenvalue weighted by molar-refractivity contribution is 5.16. The van der Waals surface area contributed by atoms with Crippen molar-refractivity contribution in [3.8, 4) is 5.75 Å². The Morgan fingerprint density at radius 3 is 3.05 bits per heavy atom. The molecule has 0 aromatic carbocycles. The quantitative estimate of drug-likeness (QED) is 0.856. The summed E-state index contributed by atoms with van der Waals surface area (Å²) in [4.78, 5) is 6.89. The molecule has 2 saturated heterocycles. The molecule has 0 N–H and O–H groups in total. The van der Waals surface area contributed by atoms with E-state index >= 15 is 0 Å². The predicted octanol–water partition coefficient (Wildman–Crippen LogP) is 2.74. The van der Waals surface area contributed by atoms with Crippen molar-refractivity contribution in [2.75, 3.05) is 32.9 Å². The van der Waals surface area contributed by atoms with E-state index in [2.05, 4.69) is 9.88 Å². The Labute approximate surface area is 132 Å². The summed E-state index contributed by atoms with van der Waals surface area (Å²) < 4.78 is 11.6. The molecule has 1 saturated carbocycles. The molecule has 0 unspecified atom stereocenters. The monoisotopic (exact) mass is 302 g/mol. The smallest absolute Gasteiger partial charge is 0.137 e. The average Bonchev–Trinajstić information content (AvgIpc) is 3.12. The third kappa shape index (κ3) is 2.74. The second-order valence-electron chi connectivity index (χ2n) is 7.20. The number of rotatable bonds is 4. The van der Waals surface area contributed by atoms with Crippen LogP contribution in [0.25, 0.3) is 0 Å². The molecule has 4 nitrogen and oxygen atoms in total. The lowest BCUT2D eigenvalue weighted by Gasteiger charge is -2.33. The van der Waals surface area contributed by atoms with Crippen molar-refractivity contribution in [1.29, 1.82) is 0 Å². The number of ether oxygens (including phenoxy) is 2. The van der Waals surface area contributed by atoms with E-state index in [9.17, 15) is 0 Å². The van der Waals surface area contributed by atoms with Gasteiger partial charge in [0.15, 0.2) is 0 Å². The molecule has 3 heterocycles. The molecule has 0 bridgehead atoms. The van der Waals surface area contributed by atoms with Crippen molar-refractivity contribution in [1.82, 2.24) is 9.88 Å². The van der Waals surface area contributed by atoms with E-state index < -0.39 is 0 Å². The Morgan fingerprint density at radius 1 is 1.32 bits per heavy atom. The van der Waals surface area contributed by atoms with Gasteiger partial charge in [-0.2, -0.15) is 0 Å². The standard InChI is InChI=1S/C18H26N2O2/c1-3-15-12-20(16-5-9-21-10-6-16)13-18(15,7-1)14-22-17-4-2-8-19-11-17/h2,4,8,11,15-16H,1,3,5-7,9-10,12-14H2/t15-,18+/m1/s1. The van der Waals surface area contributed by atoms with Gasteiger partial charge in [-0.05, 0) is 43.7 Å². The van der Waals surface area contributed by atoms with Crippen LogP contribution in [0.1, 0.15) is 32.1 Å². The predicted molar refractivity (Wildman–Crippen MR) is 84.9 cm³/mol. The zero-order valence-corrected chi connectivity index (χ0v) is 13.2. The Hall–Kier alpha value is -1.13. The number of hydrogen-bond donors (Lipinski definition) is 0. The summed E-state index contributed by atoms with van der Waals surface area (Å²) in [6.07, 6.45) is 10.1. The molecule has 1 aromatic rings. The van der Waals surface area contributed by atoms with Gasteiger partial charge in [0.2, 0.25) is 0 Å². The molecule has 1 aliphatic carbocycles. The molecule has 0 amide bonds. The van der Waals surface area contributed by atoms with Crippen molar-refractivity contribution >= 4 is 0 Å². The highest BCUT2D eigenvalue weighted by atomic mass is 16.5. The lowest BCUT2D eigenvalue weighted by Crippen LogP contribution is -2.40. The van der Waals surface area contributed by atoms with Crippen LogP contribution in [0.3, 0.4) is 0 Å². The fraction of sp³-hybridized carbons (Fsp3) is 0.722. The van der Waals surface area contributed by atoms with E-state index in [-0.39, 0.29) is 0 Å². The zero-order valence-electron chi connectivity index (χ0n) is 13.2. The van der Waals surface area contributed by atoms with Gasteiger partial charge < -0.3 is 9.47 Å². The van der Waals surface area contributed by atoms with E-state index in [0.717, 1.165) is 37.5 Å². The molecule has 2 atom stereocenters. The number of hydrogen-bond acceptors (Lipinski definition) is 4. The van der Waals surface area contributed by atoms with E-state index in [1.807, 2.05) is 18.3 Å². The first-order chi connectivity index (χ1) is 10.9. The number of nitrogens with zero attached hydrogens (tertiary/aromatic N) is 2. The fourth-order valence-corrected chi connectivity index (χ4v) is 4.68. The Balaban J connectivity index is 1.42. The summed E-state index contributed by atoms with van der Waals surface area (Å²) in [5, 5.41) is 0. The minimum atomic E-state index is 0.369. The highest BCUT2D eigenvalue weighted by Crippen LogP contribution is 2.49. The average molecular weight is 302 g/mol. The van der Waals surface area contributed by atoms with Crippen LogP contribution in [0.4, 0.5) is 0 Å². The van der Waals surface area contributed by atoms with Crippen molar-refractivity contribution in [3.63, 3.8) is 0 Å². The SMILES string of the molecule is c1cncc(OC[C@@]23CCC[C@@H]2CN(C2CCOCC2)C3)c1. The van der Waals surface area contributed by atoms with Gasteiger partial charge in [-0.1, -0.05) is 6.42 Å². The van der Waals surface area contributed by atoms with Gasteiger partial charge in [0.25, 0.3) is 0 Å². The lowest BCUT2D eigenvalue weighted by atomic mass is 9.81. The van der Waals surface area contributed by atoms with Gasteiger partial charge >= 0.3 is 0 Å². The molecule has 4 rings (SSSR count). The Morgan fingerprint density at radius 2 is 2.23 bits per heavy atom. The van der Waals surface area contributed by atoms with E-state index in [1.165, 1.54) is 45.2 Å². The molecule has 0 radical (unpaired) electrons. The third-order valence-corrected chi connectivity index (χ3v) is 5.93. The van der Waals surface area contributed by atoms with Crippen molar-refractivity contribution in [2.45, 2.75) is 38.1 Å². The third-order valence-electron chi connectivity index (χ3n) is 5.93. The van der Waals surface area contributed by atoms with Crippen molar-refractivity contribution in [2.24, 2.45) is 11.3 Å². The number of likely N-dealkylation sites (tertiary alicyclic amines) is 1. The highest BCUT2D eigenvalue weighted by Gasteiger charge is 2.51. The van der Waals surface area contributed by atoms with E-state index in [4.69, 9.17) is 9.47 Å². The van der Waals surface area contributed by atoms with Crippen LogP contribution < -0.4 is 4.74 Å². The van der Waals surface area contributed by atoms with Gasteiger partial charge in [-0.3, -0.25) is 9.88 Å². The molecule has 0 spiro atoms. The van der Waals surface area contributed by atoms with Gasteiger partial charge in [0.05, 0.1) is 12.8 Å². The fourth-order valence-electron chi connectivity index (χ4n) is 4.68. The molecule has 1 aromatic heterocycles. The second-order valence-corrected chi connectivity index (χ2v) is 7.20. The number of aromatic nitrogens is 1. The van der Waals surface area contributed by atoms with Gasteiger partial charge in [0, 0.05) is 44.0 Å². The summed E-state index contributed by atoms with van der Waals surface area (Å²) in [7, 11) is 0. The van der Waals surface area contributed by atoms with Crippen LogP contribution in [0.2, 0.25) is 0 Å². The van der Waals surface area contributed by atoms with Crippen LogP contribution in [0.15, 0.2) is 24.5 Å². The first kappa shape index (κ1) is 14.5. The topological polar surface area (TPSA) is 34.6 Å². The summed E-state index contributed by atoms with van der Waals surface area (Å²) in [5.41, 5.74) is 0.369. The maximum absolute atomic E-state index is 6.12. The van der Waals surface area contributed by atoms with Crippen LogP contribution in [-0.2, 0) is 4.74 Å². The number of fused-ring (bicyclic) bond motifs is 1. The second kappa shape index (κ2) is 6.17. The zero-order chi connectivity index (χ0) is 14.8. The van der Waals surface area contributed by atoms with Crippen molar-refractivity contribution in [3.05, 3.63) is 24.5 Å². The minimum Gasteiger partial charge on any atom is -0.491 e. The van der Waals surface area contributed by atoms with Crippen LogP contribution >= 0.6 is 0 Å². The Bertz CT molecular complexity index is 489. The number of pyridine rings is 1. The first-order valence-corrected chi connectivity index (χ1v) is 8.70. The molecule has 120 valence electrons. The summed E-state index contributed by atoms with van der Waals surface area (Å²) in [5.74, 6) is 1.72. The molecule has 4 heteroatoms. The Kier molecular flexibility index (Phi) is 4.05. The van der Waals surface area contributed by atoms with Gasteiger partial charge in [0.1, 0.15) is 5.75 Å². The molecule has 22 heavy (non-hydrogen) atoms.